The van der Waals surface area contributed by atoms with E-state index >= 15 is 0 Å². The summed E-state index contributed by atoms with van der Waals surface area (Å²) in [7, 11) is 2.77. The summed E-state index contributed by atoms with van der Waals surface area (Å²) in [6, 6.07) is 3.41. The van der Waals surface area contributed by atoms with Crippen LogP contribution < -0.4 is 16.6 Å². The van der Waals surface area contributed by atoms with Crippen LogP contribution in [0.4, 0.5) is 0 Å². The summed E-state index contributed by atoms with van der Waals surface area (Å²) in [6.07, 6.45) is 1.49. The average Bonchev–Trinajstić information content (AvgIpc) is 2.94. The van der Waals surface area contributed by atoms with Crippen LogP contribution in [-0.2, 0) is 20.6 Å². The second-order valence-electron chi connectivity index (χ2n) is 4.13. The predicted molar refractivity (Wildman–Crippen MR) is 74.5 cm³/mol. The molecule has 0 fully saturated rings. The fraction of sp³-hybridized carbons (Fsp3) is 0.250. The van der Waals surface area contributed by atoms with Crippen LogP contribution in [0.15, 0.2) is 36.9 Å². The number of carbonyl (C=O) groups is 1. The zero-order chi connectivity index (χ0) is 14.9. The summed E-state index contributed by atoms with van der Waals surface area (Å²) in [5.74, 6) is 0.0360. The highest BCUT2D eigenvalue weighted by atomic mass is 79.9. The van der Waals surface area contributed by atoms with Gasteiger partial charge in [0, 0.05) is 14.1 Å². The zero-order valence-electron chi connectivity index (χ0n) is 10.8. The monoisotopic (exact) mass is 341 g/mol. The minimum Gasteiger partial charge on any atom is -0.467 e. The van der Waals surface area contributed by atoms with Crippen molar-refractivity contribution in [3.8, 4) is 0 Å². The Labute approximate surface area is 122 Å². The molecule has 0 unspecified atom stereocenters. The van der Waals surface area contributed by atoms with Gasteiger partial charge in [-0.15, -0.1) is 0 Å². The third-order valence-electron chi connectivity index (χ3n) is 2.83. The normalized spacial score (nSPS) is 10.6. The van der Waals surface area contributed by atoms with E-state index in [2.05, 4.69) is 21.2 Å². The Balaban J connectivity index is 2.35. The maximum Gasteiger partial charge on any atom is 0.331 e. The first kappa shape index (κ1) is 14.3. The number of hydrogen-bond donors (Lipinski definition) is 1. The first-order valence-electron chi connectivity index (χ1n) is 5.69. The molecule has 0 atom stereocenters. The summed E-state index contributed by atoms with van der Waals surface area (Å²) < 4.78 is 7.16. The van der Waals surface area contributed by atoms with Gasteiger partial charge < -0.3 is 9.73 Å². The highest BCUT2D eigenvalue weighted by molar-refractivity contribution is 9.10. The van der Waals surface area contributed by atoms with Crippen molar-refractivity contribution in [2.45, 2.75) is 6.54 Å². The topological polar surface area (TPSA) is 86.2 Å². The fourth-order valence-corrected chi connectivity index (χ4v) is 2.43. The minimum atomic E-state index is -0.568. The van der Waals surface area contributed by atoms with E-state index in [4.69, 9.17) is 4.42 Å². The second-order valence-corrected chi connectivity index (χ2v) is 4.92. The van der Waals surface area contributed by atoms with Crippen molar-refractivity contribution < 1.29 is 9.21 Å². The van der Waals surface area contributed by atoms with Crippen LogP contribution in [-0.4, -0.2) is 15.0 Å². The predicted octanol–water partition coefficient (Wildman–Crippen LogP) is 0.369. The summed E-state index contributed by atoms with van der Waals surface area (Å²) in [6.45, 7) is 0.168. The molecule has 2 heterocycles. The smallest absolute Gasteiger partial charge is 0.331 e. The number of amides is 1. The molecule has 0 radical (unpaired) electrons. The van der Waals surface area contributed by atoms with Gasteiger partial charge in [-0.05, 0) is 28.1 Å². The molecule has 2 aromatic rings. The molecule has 0 aliphatic rings. The van der Waals surface area contributed by atoms with Crippen molar-refractivity contribution >= 4 is 21.8 Å². The third-order valence-corrected chi connectivity index (χ3v) is 3.54. The molecule has 0 saturated heterocycles. The maximum absolute atomic E-state index is 12.1. The maximum atomic E-state index is 12.1. The molecular formula is C12H12BrN3O4. The van der Waals surface area contributed by atoms with E-state index in [0.29, 0.717) is 5.76 Å². The van der Waals surface area contributed by atoms with Gasteiger partial charge in [0.15, 0.2) is 0 Å². The van der Waals surface area contributed by atoms with E-state index < -0.39 is 17.2 Å². The summed E-state index contributed by atoms with van der Waals surface area (Å²) >= 11 is 3.06. The van der Waals surface area contributed by atoms with Crippen molar-refractivity contribution in [2.24, 2.45) is 14.1 Å². The number of carbonyl (C=O) groups excluding carboxylic acids is 1. The standard InChI is InChI=1S/C12H12BrN3O4/c1-15-9(8(13)11(18)16(2)12(15)19)10(17)14-6-7-4-3-5-20-7/h3-5H,6H2,1-2H3,(H,14,17). The van der Waals surface area contributed by atoms with Gasteiger partial charge in [0.1, 0.15) is 15.9 Å². The van der Waals surface area contributed by atoms with Crippen molar-refractivity contribution in [3.63, 3.8) is 0 Å². The first-order valence-corrected chi connectivity index (χ1v) is 6.49. The first-order chi connectivity index (χ1) is 9.43. The zero-order valence-corrected chi connectivity index (χ0v) is 12.4. The molecule has 0 spiro atoms. The fourth-order valence-electron chi connectivity index (χ4n) is 1.72. The lowest BCUT2D eigenvalue weighted by Gasteiger charge is -2.11. The molecule has 1 amide bonds. The molecule has 8 heteroatoms. The van der Waals surface area contributed by atoms with Gasteiger partial charge in [-0.1, -0.05) is 0 Å². The molecule has 106 valence electrons. The average molecular weight is 342 g/mol. The van der Waals surface area contributed by atoms with Crippen LogP contribution in [0.1, 0.15) is 16.2 Å². The van der Waals surface area contributed by atoms with Gasteiger partial charge >= 0.3 is 5.69 Å². The van der Waals surface area contributed by atoms with Gasteiger partial charge in [-0.25, -0.2) is 4.79 Å². The van der Waals surface area contributed by atoms with E-state index in [-0.39, 0.29) is 16.7 Å². The molecule has 1 N–H and O–H groups in total. The molecule has 0 aliphatic heterocycles. The van der Waals surface area contributed by atoms with E-state index in [1.165, 1.54) is 20.4 Å². The molecule has 0 bridgehead atoms. The lowest BCUT2D eigenvalue weighted by molar-refractivity contribution is 0.0936. The van der Waals surface area contributed by atoms with Gasteiger partial charge in [0.05, 0.1) is 12.8 Å². The number of nitrogens with zero attached hydrogens (tertiary/aromatic N) is 2. The van der Waals surface area contributed by atoms with Crippen LogP contribution in [0.25, 0.3) is 0 Å². The van der Waals surface area contributed by atoms with Gasteiger partial charge in [-0.3, -0.25) is 18.7 Å². The molecular weight excluding hydrogens is 330 g/mol. The number of hydrogen-bond acceptors (Lipinski definition) is 4. The lowest BCUT2D eigenvalue weighted by Crippen LogP contribution is -2.42. The van der Waals surface area contributed by atoms with Crippen molar-refractivity contribution in [3.05, 3.63) is 55.2 Å². The van der Waals surface area contributed by atoms with Crippen molar-refractivity contribution in [1.82, 2.24) is 14.5 Å². The number of halogens is 1. The van der Waals surface area contributed by atoms with Crippen LogP contribution in [0.2, 0.25) is 0 Å². The Morgan fingerprint density at radius 1 is 1.35 bits per heavy atom. The SMILES string of the molecule is Cn1c(C(=O)NCc2ccco2)c(Br)c(=O)n(C)c1=O. The quantitative estimate of drug-likeness (QED) is 0.873. The largest absolute Gasteiger partial charge is 0.467 e. The van der Waals surface area contributed by atoms with Gasteiger partial charge in [-0.2, -0.15) is 0 Å². The van der Waals surface area contributed by atoms with Crippen molar-refractivity contribution in [2.75, 3.05) is 0 Å². The molecule has 7 nitrogen and oxygen atoms in total. The van der Waals surface area contributed by atoms with E-state index in [9.17, 15) is 14.4 Å². The third kappa shape index (κ3) is 2.46. The van der Waals surface area contributed by atoms with Gasteiger partial charge in [0.2, 0.25) is 0 Å². The minimum absolute atomic E-state index is 0.0235. The number of rotatable bonds is 3. The molecule has 0 saturated carbocycles. The summed E-state index contributed by atoms with van der Waals surface area (Å²) in [5, 5.41) is 2.59. The van der Waals surface area contributed by atoms with Crippen LogP contribution in [0.5, 0.6) is 0 Å². The van der Waals surface area contributed by atoms with E-state index in [1.807, 2.05) is 0 Å². The van der Waals surface area contributed by atoms with Crippen LogP contribution in [0.3, 0.4) is 0 Å². The van der Waals surface area contributed by atoms with Crippen LogP contribution >= 0.6 is 15.9 Å². The molecule has 2 aromatic heterocycles. The number of furan rings is 1. The Morgan fingerprint density at radius 2 is 2.05 bits per heavy atom. The highest BCUT2D eigenvalue weighted by Crippen LogP contribution is 2.09. The number of aromatic nitrogens is 2. The Bertz CT molecular complexity index is 721. The lowest BCUT2D eigenvalue weighted by atomic mass is 10.3. The highest BCUT2D eigenvalue weighted by Gasteiger charge is 2.19. The Kier molecular flexibility index (Phi) is 3.93. The van der Waals surface area contributed by atoms with Crippen molar-refractivity contribution in [1.29, 1.82) is 0 Å². The summed E-state index contributed by atoms with van der Waals surface area (Å²) in [4.78, 5) is 35.7. The Morgan fingerprint density at radius 3 is 2.65 bits per heavy atom. The molecule has 2 rings (SSSR count). The Hall–Kier alpha value is -2.09. The molecule has 0 aromatic carbocycles. The number of nitrogens with one attached hydrogen (secondary N) is 1. The molecule has 0 aliphatic carbocycles. The van der Waals surface area contributed by atoms with E-state index in [1.54, 1.807) is 12.1 Å². The second kappa shape index (κ2) is 5.49. The van der Waals surface area contributed by atoms with Crippen LogP contribution in [0, 0.1) is 0 Å². The molecule has 20 heavy (non-hydrogen) atoms. The summed E-state index contributed by atoms with van der Waals surface area (Å²) in [5.41, 5.74) is -1.15. The van der Waals surface area contributed by atoms with E-state index in [0.717, 1.165) is 9.13 Å². The van der Waals surface area contributed by atoms with Gasteiger partial charge in [0.25, 0.3) is 11.5 Å².